The van der Waals surface area contributed by atoms with E-state index in [1.54, 1.807) is 25.5 Å². The van der Waals surface area contributed by atoms with E-state index in [1.807, 2.05) is 18.2 Å². The summed E-state index contributed by atoms with van der Waals surface area (Å²) in [5, 5.41) is 15.6. The van der Waals surface area contributed by atoms with Gasteiger partial charge in [-0.2, -0.15) is 9.50 Å². The SMILES string of the molecule is COc1cccc([C@H](c2sc3nc(-c4ccco4)nn3c2O)N2C[C@@H](C)O[C@@H](C)C2)c1. The minimum Gasteiger partial charge on any atom is -0.497 e. The van der Waals surface area contributed by atoms with E-state index in [9.17, 15) is 5.11 Å². The van der Waals surface area contributed by atoms with Crippen LogP contribution in [0.25, 0.3) is 16.5 Å². The van der Waals surface area contributed by atoms with Crippen LogP contribution in [-0.2, 0) is 4.74 Å². The minimum absolute atomic E-state index is 0.0879. The van der Waals surface area contributed by atoms with Gasteiger partial charge in [-0.25, -0.2) is 0 Å². The average molecular weight is 441 g/mol. The maximum atomic E-state index is 11.2. The van der Waals surface area contributed by atoms with Gasteiger partial charge in [-0.1, -0.05) is 23.5 Å². The Bertz CT molecular complexity index is 1180. The summed E-state index contributed by atoms with van der Waals surface area (Å²) in [7, 11) is 1.66. The predicted octanol–water partition coefficient (Wildman–Crippen LogP) is 3.96. The zero-order valence-electron chi connectivity index (χ0n) is 17.6. The first-order chi connectivity index (χ1) is 15.0. The second-order valence-corrected chi connectivity index (χ2v) is 8.80. The molecule has 1 aliphatic rings. The van der Waals surface area contributed by atoms with Crippen molar-refractivity contribution in [3.8, 4) is 23.2 Å². The van der Waals surface area contributed by atoms with Crippen molar-refractivity contribution in [1.82, 2.24) is 19.5 Å². The van der Waals surface area contributed by atoms with E-state index in [0.29, 0.717) is 16.5 Å². The molecule has 1 fully saturated rings. The number of rotatable bonds is 5. The third-order valence-corrected chi connectivity index (χ3v) is 6.48. The van der Waals surface area contributed by atoms with Gasteiger partial charge in [0.1, 0.15) is 5.75 Å². The molecular formula is C22H24N4O4S. The van der Waals surface area contributed by atoms with Crippen molar-refractivity contribution >= 4 is 16.3 Å². The Kier molecular flexibility index (Phi) is 5.17. The van der Waals surface area contributed by atoms with Crippen LogP contribution in [0, 0.1) is 0 Å². The smallest absolute Gasteiger partial charge is 0.230 e. The summed E-state index contributed by atoms with van der Waals surface area (Å²) in [5.74, 6) is 1.88. The third kappa shape index (κ3) is 3.69. The molecule has 9 heteroatoms. The van der Waals surface area contributed by atoms with E-state index in [1.165, 1.54) is 15.9 Å². The van der Waals surface area contributed by atoms with Gasteiger partial charge in [0.2, 0.25) is 16.7 Å². The van der Waals surface area contributed by atoms with Crippen LogP contribution in [0.2, 0.25) is 0 Å². The summed E-state index contributed by atoms with van der Waals surface area (Å²) in [5.41, 5.74) is 1.03. The van der Waals surface area contributed by atoms with Crippen molar-refractivity contribution in [3.05, 3.63) is 53.1 Å². The fraction of sp³-hybridized carbons (Fsp3) is 0.364. The highest BCUT2D eigenvalue weighted by Gasteiger charge is 2.34. The molecule has 31 heavy (non-hydrogen) atoms. The van der Waals surface area contributed by atoms with Gasteiger partial charge < -0.3 is 19.0 Å². The van der Waals surface area contributed by atoms with Crippen molar-refractivity contribution in [1.29, 1.82) is 0 Å². The number of furan rings is 1. The summed E-state index contributed by atoms with van der Waals surface area (Å²) >= 11 is 1.43. The molecule has 0 radical (unpaired) electrons. The largest absolute Gasteiger partial charge is 0.497 e. The maximum Gasteiger partial charge on any atom is 0.230 e. The molecule has 3 aromatic heterocycles. The Morgan fingerprint density at radius 3 is 2.68 bits per heavy atom. The molecular weight excluding hydrogens is 416 g/mol. The number of nitrogens with zero attached hydrogens (tertiary/aromatic N) is 4. The van der Waals surface area contributed by atoms with Gasteiger partial charge in [-0.15, -0.1) is 5.10 Å². The highest BCUT2D eigenvalue weighted by molar-refractivity contribution is 7.17. The molecule has 1 aliphatic heterocycles. The van der Waals surface area contributed by atoms with Crippen LogP contribution in [0.1, 0.15) is 30.3 Å². The molecule has 1 aromatic carbocycles. The van der Waals surface area contributed by atoms with Crippen molar-refractivity contribution < 1.29 is 19.0 Å². The molecule has 0 unspecified atom stereocenters. The van der Waals surface area contributed by atoms with Crippen LogP contribution in [-0.4, -0.2) is 57.0 Å². The number of hydrogen-bond donors (Lipinski definition) is 1. The fourth-order valence-electron chi connectivity index (χ4n) is 4.21. The van der Waals surface area contributed by atoms with Crippen molar-refractivity contribution in [2.45, 2.75) is 32.1 Å². The zero-order valence-corrected chi connectivity index (χ0v) is 18.4. The second-order valence-electron chi connectivity index (χ2n) is 7.79. The lowest BCUT2D eigenvalue weighted by molar-refractivity contribution is -0.0764. The first-order valence-electron chi connectivity index (χ1n) is 10.2. The molecule has 0 spiro atoms. The van der Waals surface area contributed by atoms with Gasteiger partial charge in [0.25, 0.3) is 0 Å². The summed E-state index contributed by atoms with van der Waals surface area (Å²) < 4.78 is 18.3. The Labute approximate surface area is 183 Å². The van der Waals surface area contributed by atoms with E-state index < -0.39 is 0 Å². The molecule has 0 saturated carbocycles. The highest BCUT2D eigenvalue weighted by Crippen LogP contribution is 2.42. The number of hydrogen-bond acceptors (Lipinski definition) is 8. The summed E-state index contributed by atoms with van der Waals surface area (Å²) in [6.45, 7) is 5.64. The number of fused-ring (bicyclic) bond motifs is 1. The van der Waals surface area contributed by atoms with E-state index in [0.717, 1.165) is 29.3 Å². The van der Waals surface area contributed by atoms with Crippen molar-refractivity contribution in [2.75, 3.05) is 20.2 Å². The summed E-state index contributed by atoms with van der Waals surface area (Å²) in [4.78, 5) is 8.31. The molecule has 0 amide bonds. The molecule has 4 aromatic rings. The lowest BCUT2D eigenvalue weighted by Gasteiger charge is -2.40. The Morgan fingerprint density at radius 2 is 2.00 bits per heavy atom. The molecule has 4 heterocycles. The van der Waals surface area contributed by atoms with Crippen LogP contribution in [0.3, 0.4) is 0 Å². The van der Waals surface area contributed by atoms with Gasteiger partial charge >= 0.3 is 0 Å². The molecule has 162 valence electrons. The van der Waals surface area contributed by atoms with Crippen LogP contribution in [0.4, 0.5) is 0 Å². The lowest BCUT2D eigenvalue weighted by atomic mass is 10.0. The fourth-order valence-corrected chi connectivity index (χ4v) is 5.32. The van der Waals surface area contributed by atoms with Gasteiger partial charge in [-0.05, 0) is 43.7 Å². The van der Waals surface area contributed by atoms with Gasteiger partial charge in [0.15, 0.2) is 5.76 Å². The minimum atomic E-state index is -0.176. The molecule has 0 aliphatic carbocycles. The third-order valence-electron chi connectivity index (χ3n) is 5.41. The maximum absolute atomic E-state index is 11.2. The number of morpholine rings is 1. The van der Waals surface area contributed by atoms with E-state index in [2.05, 4.69) is 34.9 Å². The normalized spacial score (nSPS) is 20.9. The number of ether oxygens (including phenoxy) is 2. The van der Waals surface area contributed by atoms with Crippen molar-refractivity contribution in [2.24, 2.45) is 0 Å². The molecule has 0 bridgehead atoms. The van der Waals surface area contributed by atoms with Crippen LogP contribution < -0.4 is 4.74 Å². The number of aromatic hydroxyl groups is 1. The number of benzene rings is 1. The van der Waals surface area contributed by atoms with E-state index in [-0.39, 0.29) is 24.1 Å². The van der Waals surface area contributed by atoms with Gasteiger partial charge in [0, 0.05) is 13.1 Å². The van der Waals surface area contributed by atoms with Crippen LogP contribution in [0.15, 0.2) is 47.1 Å². The number of aromatic nitrogens is 3. The molecule has 3 atom stereocenters. The van der Waals surface area contributed by atoms with Crippen LogP contribution >= 0.6 is 11.3 Å². The van der Waals surface area contributed by atoms with Gasteiger partial charge in [-0.3, -0.25) is 4.90 Å². The molecule has 5 rings (SSSR count). The first-order valence-corrected chi connectivity index (χ1v) is 11.0. The molecule has 1 saturated heterocycles. The number of thiazole rings is 1. The second kappa shape index (κ2) is 7.99. The summed E-state index contributed by atoms with van der Waals surface area (Å²) in [6, 6.07) is 11.4. The predicted molar refractivity (Wildman–Crippen MR) is 117 cm³/mol. The Hall–Kier alpha value is -2.88. The van der Waals surface area contributed by atoms with Crippen LogP contribution in [0.5, 0.6) is 11.6 Å². The molecule has 8 nitrogen and oxygen atoms in total. The quantitative estimate of drug-likeness (QED) is 0.503. The van der Waals surface area contributed by atoms with E-state index in [4.69, 9.17) is 13.9 Å². The molecule has 1 N–H and O–H groups in total. The first kappa shape index (κ1) is 20.0. The standard InChI is InChI=1S/C22H24N4O4S/c1-13-11-25(12-14(2)30-13)18(15-6-4-7-16(10-15)28-3)19-21(27)26-22(31-19)23-20(24-26)17-8-5-9-29-17/h4-10,13-14,18,27H,11-12H2,1-3H3/t13-,14+,18-/m1/s1. The lowest BCUT2D eigenvalue weighted by Crippen LogP contribution is -2.47. The topological polar surface area (TPSA) is 85.3 Å². The zero-order chi connectivity index (χ0) is 21.5. The summed E-state index contributed by atoms with van der Waals surface area (Å²) in [6.07, 6.45) is 1.76. The van der Waals surface area contributed by atoms with E-state index >= 15 is 0 Å². The van der Waals surface area contributed by atoms with Gasteiger partial charge in [0.05, 0.1) is 36.5 Å². The Morgan fingerprint density at radius 1 is 1.19 bits per heavy atom. The Balaban J connectivity index is 1.61. The average Bonchev–Trinajstić information content (AvgIpc) is 3.47. The number of methoxy groups -OCH3 is 1. The van der Waals surface area contributed by atoms with Crippen molar-refractivity contribution in [3.63, 3.8) is 0 Å². The monoisotopic (exact) mass is 440 g/mol. The highest BCUT2D eigenvalue weighted by atomic mass is 32.1.